The van der Waals surface area contributed by atoms with Crippen LogP contribution in [0.5, 0.6) is 0 Å². The van der Waals surface area contributed by atoms with Crippen molar-refractivity contribution in [3.8, 4) is 0 Å². The number of carbonyl (C=O) groups excluding carboxylic acids is 1. The summed E-state index contributed by atoms with van der Waals surface area (Å²) in [5.74, 6) is 0. The summed E-state index contributed by atoms with van der Waals surface area (Å²) in [6.07, 6.45) is -0.275. The van der Waals surface area contributed by atoms with E-state index in [1.54, 1.807) is 11.8 Å². The zero-order valence-electron chi connectivity index (χ0n) is 9.50. The average molecular weight is 179 g/mol. The Labute approximate surface area is 93.0 Å². The van der Waals surface area contributed by atoms with E-state index >= 15 is 0 Å². The number of amides is 1. The van der Waals surface area contributed by atoms with E-state index in [4.69, 9.17) is 4.74 Å². The van der Waals surface area contributed by atoms with E-state index in [0.29, 0.717) is 0 Å². The van der Waals surface area contributed by atoms with E-state index in [-0.39, 0.29) is 37.0 Å². The van der Waals surface area contributed by atoms with Gasteiger partial charge in [-0.15, -0.1) is 0 Å². The van der Waals surface area contributed by atoms with Crippen LogP contribution in [0.2, 0.25) is 0 Å². The molecule has 72 valence electrons. The maximum absolute atomic E-state index is 11.3. The number of rotatable bonds is 3. The Morgan fingerprint density at radius 1 is 1.23 bits per heavy atom. The summed E-state index contributed by atoms with van der Waals surface area (Å²) >= 11 is 0. The molecule has 0 aliphatic heterocycles. The monoisotopic (exact) mass is 179 g/mol. The van der Waals surface area contributed by atoms with Crippen molar-refractivity contribution >= 4 is 6.09 Å². The van der Waals surface area contributed by atoms with Crippen LogP contribution in [0.4, 0.5) is 4.79 Å². The Morgan fingerprint density at radius 3 is 1.85 bits per heavy atom. The largest absolute Gasteiger partial charge is 1.00 e. The smallest absolute Gasteiger partial charge is 0.621 e. The second kappa shape index (κ2) is 7.29. The van der Waals surface area contributed by atoms with Crippen molar-refractivity contribution < 1.29 is 28.4 Å². The topological polar surface area (TPSA) is 29.5 Å². The molecule has 0 radical (unpaired) electrons. The molecule has 0 aromatic carbocycles. The molecule has 1 amide bonds. The minimum absolute atomic E-state index is 0. The fraction of sp³-hybridized carbons (Fsp3) is 0.778. The van der Waals surface area contributed by atoms with Crippen molar-refractivity contribution in [3.05, 3.63) is 6.61 Å². The first kappa shape index (κ1) is 15.3. The van der Waals surface area contributed by atoms with Crippen molar-refractivity contribution in [1.82, 2.24) is 4.90 Å². The molecule has 0 bridgehead atoms. The number of carbonyl (C=O) groups is 1. The Hall–Kier alpha value is -0.133. The molecule has 0 fully saturated rings. The van der Waals surface area contributed by atoms with Crippen LogP contribution in [-0.2, 0) is 4.74 Å². The second-order valence-electron chi connectivity index (χ2n) is 3.21. The number of nitrogens with zero attached hydrogens (tertiary/aromatic N) is 1. The molecule has 0 rings (SSSR count). The maximum atomic E-state index is 11.3. The van der Waals surface area contributed by atoms with Gasteiger partial charge in [-0.05, 0) is 27.7 Å². The minimum Gasteiger partial charge on any atom is -0.621 e. The molecule has 4 heteroatoms. The summed E-state index contributed by atoms with van der Waals surface area (Å²) in [4.78, 5) is 13.0. The van der Waals surface area contributed by atoms with Gasteiger partial charge in [0.1, 0.15) is 0 Å². The van der Waals surface area contributed by atoms with Gasteiger partial charge in [-0.3, -0.25) is 0 Å². The van der Waals surface area contributed by atoms with Crippen molar-refractivity contribution in [2.45, 2.75) is 46.7 Å². The predicted molar refractivity (Wildman–Crippen MR) is 48.6 cm³/mol. The molecule has 3 nitrogen and oxygen atoms in total. The van der Waals surface area contributed by atoms with E-state index < -0.39 is 0 Å². The molecule has 0 unspecified atom stereocenters. The van der Waals surface area contributed by atoms with E-state index in [9.17, 15) is 4.79 Å². The molecule has 0 spiro atoms. The van der Waals surface area contributed by atoms with Gasteiger partial charge in [0.25, 0.3) is 0 Å². The fourth-order valence-electron chi connectivity index (χ4n) is 1.18. The number of hydrogen-bond donors (Lipinski definition) is 0. The zero-order chi connectivity index (χ0) is 9.72. The van der Waals surface area contributed by atoms with Crippen molar-refractivity contribution in [2.75, 3.05) is 0 Å². The Bertz CT molecular complexity index is 141. The van der Waals surface area contributed by atoms with Gasteiger partial charge < -0.3 is 9.64 Å². The SMILES string of the molecule is C[CH-]OC(=O)N(C(C)C)C(C)C.[Li+]. The van der Waals surface area contributed by atoms with E-state index in [0.717, 1.165) is 0 Å². The fourth-order valence-corrected chi connectivity index (χ4v) is 1.18. The van der Waals surface area contributed by atoms with Crippen LogP contribution in [0, 0.1) is 6.61 Å². The molecular weight excluding hydrogens is 161 g/mol. The summed E-state index contributed by atoms with van der Waals surface area (Å²) in [5, 5.41) is 0. The minimum atomic E-state index is -0.275. The van der Waals surface area contributed by atoms with Gasteiger partial charge in [-0.1, -0.05) is 0 Å². The summed E-state index contributed by atoms with van der Waals surface area (Å²) in [6, 6.07) is 0.356. The molecule has 0 heterocycles. The molecule has 13 heavy (non-hydrogen) atoms. The molecule has 0 aliphatic rings. The van der Waals surface area contributed by atoms with E-state index in [1.807, 2.05) is 27.7 Å². The van der Waals surface area contributed by atoms with Gasteiger partial charge in [0.05, 0.1) is 0 Å². The van der Waals surface area contributed by atoms with Crippen LogP contribution in [0.15, 0.2) is 0 Å². The van der Waals surface area contributed by atoms with Crippen molar-refractivity contribution in [2.24, 2.45) is 0 Å². The normalized spacial score (nSPS) is 9.77. The average Bonchev–Trinajstić information content (AvgIpc) is 1.85. The van der Waals surface area contributed by atoms with Gasteiger partial charge in [0, 0.05) is 12.1 Å². The third kappa shape index (κ3) is 5.23. The van der Waals surface area contributed by atoms with Gasteiger partial charge in [0.2, 0.25) is 0 Å². The standard InChI is InChI=1S/C9H18NO2.Li/c1-6-12-9(11)10(7(2)3)8(4)5;/h6-8H,1-5H3;/q-1;+1. The second-order valence-corrected chi connectivity index (χ2v) is 3.21. The molecule has 0 aromatic heterocycles. The van der Waals surface area contributed by atoms with Gasteiger partial charge in [-0.2, -0.15) is 13.5 Å². The maximum Gasteiger partial charge on any atom is 1.00 e. The molecule has 0 aliphatic carbocycles. The number of ether oxygens (including phenoxy) is 1. The molecule has 0 saturated heterocycles. The molecule has 0 saturated carbocycles. The molecule has 0 N–H and O–H groups in total. The molecule has 0 atom stereocenters. The zero-order valence-corrected chi connectivity index (χ0v) is 9.50. The first-order chi connectivity index (χ1) is 5.50. The van der Waals surface area contributed by atoms with Crippen LogP contribution < -0.4 is 18.9 Å². The number of hydrogen-bond acceptors (Lipinski definition) is 2. The molecule has 0 aromatic rings. The Morgan fingerprint density at radius 2 is 1.62 bits per heavy atom. The first-order valence-corrected chi connectivity index (χ1v) is 4.27. The van der Waals surface area contributed by atoms with Crippen LogP contribution in [0.3, 0.4) is 0 Å². The van der Waals surface area contributed by atoms with Crippen molar-refractivity contribution in [3.63, 3.8) is 0 Å². The van der Waals surface area contributed by atoms with E-state index in [1.165, 1.54) is 6.61 Å². The van der Waals surface area contributed by atoms with Gasteiger partial charge >= 0.3 is 25.0 Å². The van der Waals surface area contributed by atoms with Gasteiger partial charge in [0.15, 0.2) is 0 Å². The summed E-state index contributed by atoms with van der Waals surface area (Å²) in [5.41, 5.74) is 0. The summed E-state index contributed by atoms with van der Waals surface area (Å²) in [6.45, 7) is 11.0. The predicted octanol–water partition coefficient (Wildman–Crippen LogP) is -0.573. The Kier molecular flexibility index (Phi) is 8.60. The van der Waals surface area contributed by atoms with Crippen LogP contribution in [-0.4, -0.2) is 23.1 Å². The van der Waals surface area contributed by atoms with Crippen LogP contribution in [0.1, 0.15) is 34.6 Å². The molecular formula is C9H18LiNO2. The first-order valence-electron chi connectivity index (χ1n) is 4.27. The van der Waals surface area contributed by atoms with Crippen molar-refractivity contribution in [1.29, 1.82) is 0 Å². The summed E-state index contributed by atoms with van der Waals surface area (Å²) in [7, 11) is 0. The summed E-state index contributed by atoms with van der Waals surface area (Å²) < 4.78 is 4.79. The van der Waals surface area contributed by atoms with Crippen LogP contribution >= 0.6 is 0 Å². The third-order valence-electron chi connectivity index (χ3n) is 1.54. The quantitative estimate of drug-likeness (QED) is 0.429. The third-order valence-corrected chi connectivity index (χ3v) is 1.54. The van der Waals surface area contributed by atoms with E-state index in [2.05, 4.69) is 0 Å². The Balaban J connectivity index is 0. The van der Waals surface area contributed by atoms with Gasteiger partial charge in [-0.25, -0.2) is 4.79 Å². The van der Waals surface area contributed by atoms with Crippen LogP contribution in [0.25, 0.3) is 0 Å².